The second-order valence-electron chi connectivity index (χ2n) is 6.02. The first kappa shape index (κ1) is 20.8. The lowest BCUT2D eigenvalue weighted by Gasteiger charge is -2.26. The topological polar surface area (TPSA) is 104 Å². The first-order valence-corrected chi connectivity index (χ1v) is 9.33. The van der Waals surface area contributed by atoms with Crippen molar-refractivity contribution in [2.75, 3.05) is 11.9 Å². The zero-order valence-corrected chi connectivity index (χ0v) is 16.5. The molecule has 0 saturated carbocycles. The molecule has 8 nitrogen and oxygen atoms in total. The number of nitrogens with zero attached hydrogens (tertiary/aromatic N) is 4. The van der Waals surface area contributed by atoms with Crippen LogP contribution in [0.2, 0.25) is 0 Å². The van der Waals surface area contributed by atoms with E-state index < -0.39 is 22.5 Å². The van der Waals surface area contributed by atoms with Crippen molar-refractivity contribution < 1.29 is 19.2 Å². The van der Waals surface area contributed by atoms with Gasteiger partial charge in [0.15, 0.2) is 0 Å². The minimum atomic E-state index is -0.976. The van der Waals surface area contributed by atoms with E-state index in [-0.39, 0.29) is 25.7 Å². The summed E-state index contributed by atoms with van der Waals surface area (Å²) in [4.78, 5) is 45.4. The number of anilines is 1. The minimum absolute atomic E-state index is 0.0352. The summed E-state index contributed by atoms with van der Waals surface area (Å²) >= 11 is 6.56. The van der Waals surface area contributed by atoms with Gasteiger partial charge in [0.2, 0.25) is 0 Å². The van der Waals surface area contributed by atoms with Gasteiger partial charge < -0.3 is 9.74 Å². The van der Waals surface area contributed by atoms with Crippen molar-refractivity contribution in [1.82, 2.24) is 10.0 Å². The number of hydroxylamine groups is 2. The van der Waals surface area contributed by atoms with E-state index in [0.29, 0.717) is 9.38 Å². The van der Waals surface area contributed by atoms with Crippen LogP contribution >= 0.6 is 24.0 Å². The average molecular weight is 406 g/mol. The van der Waals surface area contributed by atoms with Crippen molar-refractivity contribution in [3.05, 3.63) is 24.5 Å². The predicted molar refractivity (Wildman–Crippen MR) is 103 cm³/mol. The third-order valence-corrected chi connectivity index (χ3v) is 5.60. The first-order valence-electron chi connectivity index (χ1n) is 8.10. The molecule has 0 N–H and O–H groups in total. The van der Waals surface area contributed by atoms with Crippen molar-refractivity contribution in [2.45, 2.75) is 37.4 Å². The molecule has 1 aliphatic rings. The molecule has 142 valence electrons. The smallest absolute Gasteiger partial charge is 0.330 e. The molecule has 10 heteroatoms. The molecule has 0 spiro atoms. The van der Waals surface area contributed by atoms with Crippen molar-refractivity contribution in [2.24, 2.45) is 0 Å². The summed E-state index contributed by atoms with van der Waals surface area (Å²) in [5.41, 5.74) is 0.827. The number of thiocarbonyl (C=S) groups is 1. The van der Waals surface area contributed by atoms with Gasteiger partial charge in [-0.2, -0.15) is 5.26 Å². The summed E-state index contributed by atoms with van der Waals surface area (Å²) in [6, 6.07) is 5.74. The number of carbonyl (C=O) groups excluding carboxylic acids is 3. The molecule has 1 unspecified atom stereocenters. The van der Waals surface area contributed by atoms with E-state index >= 15 is 0 Å². The Morgan fingerprint density at radius 1 is 1.41 bits per heavy atom. The van der Waals surface area contributed by atoms with E-state index in [1.807, 2.05) is 0 Å². The second kappa shape index (κ2) is 8.92. The van der Waals surface area contributed by atoms with Gasteiger partial charge in [-0.05, 0) is 25.5 Å². The molecule has 27 heavy (non-hydrogen) atoms. The summed E-state index contributed by atoms with van der Waals surface area (Å²) in [5, 5.41) is 10.0. The molecular weight excluding hydrogens is 388 g/mol. The fraction of sp³-hybridized carbons (Fsp3) is 0.412. The molecule has 0 radical (unpaired) electrons. The summed E-state index contributed by atoms with van der Waals surface area (Å²) in [6.07, 6.45) is 3.36. The Hall–Kier alpha value is -2.51. The molecule has 2 amide bonds. The maximum absolute atomic E-state index is 12.0. The third kappa shape index (κ3) is 5.48. The highest BCUT2D eigenvalue weighted by molar-refractivity contribution is 8.24. The molecule has 0 aliphatic carbocycles. The highest BCUT2D eigenvalue weighted by Gasteiger charge is 2.34. The van der Waals surface area contributed by atoms with Gasteiger partial charge in [0.1, 0.15) is 9.07 Å². The SMILES string of the molecule is CN(C(=S)SC(C)(C#N)CCC(=O)ON1C(=O)CCC1=O)c1ccncc1. The van der Waals surface area contributed by atoms with Crippen LogP contribution < -0.4 is 4.90 Å². The van der Waals surface area contributed by atoms with E-state index in [2.05, 4.69) is 11.1 Å². The summed E-state index contributed by atoms with van der Waals surface area (Å²) in [6.45, 7) is 1.67. The Balaban J connectivity index is 1.91. The molecule has 0 aromatic carbocycles. The van der Waals surface area contributed by atoms with Crippen LogP contribution in [0.25, 0.3) is 0 Å². The number of amides is 2. The van der Waals surface area contributed by atoms with Crippen LogP contribution in [0.15, 0.2) is 24.5 Å². The number of nitriles is 1. The predicted octanol–water partition coefficient (Wildman–Crippen LogP) is 2.21. The third-order valence-electron chi connectivity index (χ3n) is 3.88. The van der Waals surface area contributed by atoms with Crippen LogP contribution in [0.5, 0.6) is 0 Å². The van der Waals surface area contributed by atoms with Crippen LogP contribution in [0.4, 0.5) is 5.69 Å². The maximum Gasteiger partial charge on any atom is 0.333 e. The van der Waals surface area contributed by atoms with Crippen LogP contribution in [-0.4, -0.2) is 43.9 Å². The van der Waals surface area contributed by atoms with Gasteiger partial charge in [-0.25, -0.2) is 4.79 Å². The molecule has 2 rings (SSSR count). The highest BCUT2D eigenvalue weighted by Crippen LogP contribution is 2.33. The molecule has 1 fully saturated rings. The number of hydrogen-bond donors (Lipinski definition) is 0. The Labute approximate surface area is 166 Å². The number of thioether (sulfide) groups is 1. The first-order chi connectivity index (χ1) is 12.8. The molecular formula is C17H18N4O4S2. The van der Waals surface area contributed by atoms with Gasteiger partial charge in [-0.1, -0.05) is 24.0 Å². The fourth-order valence-corrected chi connectivity index (χ4v) is 3.74. The highest BCUT2D eigenvalue weighted by atomic mass is 32.2. The lowest BCUT2D eigenvalue weighted by molar-refractivity contribution is -0.197. The van der Waals surface area contributed by atoms with Gasteiger partial charge in [-0.15, -0.1) is 5.06 Å². The van der Waals surface area contributed by atoms with Gasteiger partial charge in [0, 0.05) is 38.0 Å². The van der Waals surface area contributed by atoms with Gasteiger partial charge in [0.05, 0.1) is 12.5 Å². The van der Waals surface area contributed by atoms with E-state index in [1.165, 1.54) is 0 Å². The number of aromatic nitrogens is 1. The zero-order valence-electron chi connectivity index (χ0n) is 14.9. The Morgan fingerprint density at radius 2 is 2.00 bits per heavy atom. The van der Waals surface area contributed by atoms with E-state index in [9.17, 15) is 19.6 Å². The van der Waals surface area contributed by atoms with Crippen molar-refractivity contribution in [1.29, 1.82) is 5.26 Å². The van der Waals surface area contributed by atoms with Crippen LogP contribution in [0, 0.1) is 11.3 Å². The van der Waals surface area contributed by atoms with Gasteiger partial charge >= 0.3 is 5.97 Å². The number of rotatable bonds is 6. The maximum atomic E-state index is 12.0. The number of carbonyl (C=O) groups is 3. The molecule has 1 atom stereocenters. The van der Waals surface area contributed by atoms with Crippen LogP contribution in [-0.2, 0) is 19.2 Å². The minimum Gasteiger partial charge on any atom is -0.330 e. The molecule has 0 bridgehead atoms. The zero-order chi connectivity index (χ0) is 20.0. The fourth-order valence-electron chi connectivity index (χ4n) is 2.21. The summed E-state index contributed by atoms with van der Waals surface area (Å²) in [5.74, 6) is -1.81. The average Bonchev–Trinajstić information content (AvgIpc) is 2.98. The van der Waals surface area contributed by atoms with E-state index in [0.717, 1.165) is 17.4 Å². The number of imide groups is 1. The molecule has 1 aromatic heterocycles. The van der Waals surface area contributed by atoms with Crippen LogP contribution in [0.1, 0.15) is 32.6 Å². The quantitative estimate of drug-likeness (QED) is 0.519. The monoisotopic (exact) mass is 406 g/mol. The number of pyridine rings is 1. The largest absolute Gasteiger partial charge is 0.333 e. The Kier molecular flexibility index (Phi) is 6.87. The molecule has 1 aromatic rings. The van der Waals surface area contributed by atoms with E-state index in [1.54, 1.807) is 43.4 Å². The normalized spacial score (nSPS) is 15.8. The second-order valence-corrected chi connectivity index (χ2v) is 8.16. The van der Waals surface area contributed by atoms with E-state index in [4.69, 9.17) is 17.1 Å². The van der Waals surface area contributed by atoms with Crippen molar-refractivity contribution >= 4 is 51.8 Å². The van der Waals surface area contributed by atoms with Crippen molar-refractivity contribution in [3.63, 3.8) is 0 Å². The van der Waals surface area contributed by atoms with Crippen LogP contribution in [0.3, 0.4) is 0 Å². The Morgan fingerprint density at radius 3 is 2.56 bits per heavy atom. The molecule has 2 heterocycles. The van der Waals surface area contributed by atoms with Gasteiger partial charge in [-0.3, -0.25) is 14.6 Å². The number of hydrogen-bond acceptors (Lipinski definition) is 8. The Bertz CT molecular complexity index is 780. The lowest BCUT2D eigenvalue weighted by atomic mass is 10.1. The van der Waals surface area contributed by atoms with Crippen molar-refractivity contribution in [3.8, 4) is 6.07 Å². The molecule has 1 saturated heterocycles. The molecule has 1 aliphatic heterocycles. The summed E-state index contributed by atoms with van der Waals surface area (Å²) in [7, 11) is 1.78. The lowest BCUT2D eigenvalue weighted by Crippen LogP contribution is -2.33. The standard InChI is InChI=1S/C17H18N4O4S2/c1-17(11-18,27-16(26)20(2)12-6-9-19-10-7-12)8-5-15(24)25-21-13(22)3-4-14(21)23/h6-7,9-10H,3-5,8H2,1-2H3. The van der Waals surface area contributed by atoms with Gasteiger partial charge in [0.25, 0.3) is 11.8 Å². The summed E-state index contributed by atoms with van der Waals surface area (Å²) < 4.78 is -0.514.